The molecule has 2 aliphatic rings. The Bertz CT molecular complexity index is 660. The van der Waals surface area contributed by atoms with Crippen LogP contribution in [0.25, 0.3) is 0 Å². The summed E-state index contributed by atoms with van der Waals surface area (Å²) in [5, 5.41) is 6.78. The third-order valence-electron chi connectivity index (χ3n) is 5.86. The van der Waals surface area contributed by atoms with Crippen LogP contribution >= 0.6 is 0 Å². The summed E-state index contributed by atoms with van der Waals surface area (Å²) in [4.78, 5) is 6.92. The fraction of sp³-hybridized carbons (Fsp3) is 0.667. The van der Waals surface area contributed by atoms with Crippen LogP contribution in [0.3, 0.4) is 0 Å². The van der Waals surface area contributed by atoms with E-state index in [0.29, 0.717) is 12.5 Å². The van der Waals surface area contributed by atoms with Crippen molar-refractivity contribution in [3.8, 4) is 5.75 Å². The first-order chi connectivity index (χ1) is 14.1. The number of ether oxygens (including phenoxy) is 2. The standard InChI is InChI=1S/C21H32F2N4O2/c1-24-20(25-15-17-6-5-7-18(14-17)29-19(22)23)26-16-21(8-3-2-4-9-21)27-10-12-28-13-11-27/h5-7,14,19H,2-4,8-13,15-16H2,1H3,(H2,24,25,26). The topological polar surface area (TPSA) is 58.1 Å². The molecule has 162 valence electrons. The van der Waals surface area contributed by atoms with Crippen molar-refractivity contribution < 1.29 is 18.3 Å². The summed E-state index contributed by atoms with van der Waals surface area (Å²) >= 11 is 0. The van der Waals surface area contributed by atoms with E-state index in [9.17, 15) is 8.78 Å². The molecule has 1 saturated carbocycles. The molecule has 1 saturated heterocycles. The lowest BCUT2D eigenvalue weighted by atomic mass is 9.80. The molecule has 1 aliphatic heterocycles. The van der Waals surface area contributed by atoms with Gasteiger partial charge in [0.05, 0.1) is 13.2 Å². The highest BCUT2D eigenvalue weighted by atomic mass is 19.3. The molecular formula is C21H32F2N4O2. The molecule has 1 aromatic carbocycles. The lowest BCUT2D eigenvalue weighted by molar-refractivity contribution is -0.0498. The molecule has 0 unspecified atom stereocenters. The van der Waals surface area contributed by atoms with Crippen LogP contribution in [0.5, 0.6) is 5.75 Å². The smallest absolute Gasteiger partial charge is 0.387 e. The van der Waals surface area contributed by atoms with E-state index in [0.717, 1.165) is 38.4 Å². The van der Waals surface area contributed by atoms with E-state index in [4.69, 9.17) is 4.74 Å². The van der Waals surface area contributed by atoms with E-state index in [1.165, 1.54) is 38.2 Å². The Labute approximate surface area is 171 Å². The zero-order chi connectivity index (χ0) is 20.5. The number of nitrogens with zero attached hydrogens (tertiary/aromatic N) is 2. The normalized spacial score (nSPS) is 20.5. The van der Waals surface area contributed by atoms with Gasteiger partial charge in [0, 0.05) is 38.8 Å². The van der Waals surface area contributed by atoms with Crippen LogP contribution in [-0.2, 0) is 11.3 Å². The minimum Gasteiger partial charge on any atom is -0.435 e. The van der Waals surface area contributed by atoms with Gasteiger partial charge in [-0.3, -0.25) is 9.89 Å². The largest absolute Gasteiger partial charge is 0.435 e. The van der Waals surface area contributed by atoms with Crippen molar-refractivity contribution in [1.82, 2.24) is 15.5 Å². The molecule has 0 aromatic heterocycles. The Morgan fingerprint density at radius 3 is 2.66 bits per heavy atom. The van der Waals surface area contributed by atoms with Gasteiger partial charge in [0.25, 0.3) is 0 Å². The van der Waals surface area contributed by atoms with Gasteiger partial charge in [-0.25, -0.2) is 0 Å². The molecule has 2 fully saturated rings. The van der Waals surface area contributed by atoms with Gasteiger partial charge in [-0.15, -0.1) is 0 Å². The van der Waals surface area contributed by atoms with Crippen molar-refractivity contribution >= 4 is 5.96 Å². The highest BCUT2D eigenvalue weighted by Crippen LogP contribution is 2.33. The number of hydrogen-bond acceptors (Lipinski definition) is 4. The number of hydrogen-bond donors (Lipinski definition) is 2. The Kier molecular flexibility index (Phi) is 8.06. The molecule has 6 nitrogen and oxygen atoms in total. The van der Waals surface area contributed by atoms with Gasteiger partial charge < -0.3 is 20.1 Å². The van der Waals surface area contributed by atoms with Crippen molar-refractivity contribution in [3.63, 3.8) is 0 Å². The van der Waals surface area contributed by atoms with Crippen molar-refractivity contribution in [2.45, 2.75) is 50.8 Å². The molecular weight excluding hydrogens is 378 g/mol. The average Bonchev–Trinajstić information content (AvgIpc) is 2.75. The monoisotopic (exact) mass is 410 g/mol. The lowest BCUT2D eigenvalue weighted by Gasteiger charge is -2.48. The molecule has 0 bridgehead atoms. The van der Waals surface area contributed by atoms with Gasteiger partial charge in [-0.2, -0.15) is 8.78 Å². The van der Waals surface area contributed by atoms with Gasteiger partial charge in [0.1, 0.15) is 5.75 Å². The Morgan fingerprint density at radius 2 is 1.97 bits per heavy atom. The van der Waals surface area contributed by atoms with E-state index in [2.05, 4.69) is 25.3 Å². The predicted octanol–water partition coefficient (Wildman–Crippen LogP) is 2.99. The van der Waals surface area contributed by atoms with Crippen molar-refractivity contribution in [3.05, 3.63) is 29.8 Å². The fourth-order valence-corrected chi connectivity index (χ4v) is 4.34. The summed E-state index contributed by atoms with van der Waals surface area (Å²) in [5.74, 6) is 0.874. The highest BCUT2D eigenvalue weighted by molar-refractivity contribution is 5.79. The number of aliphatic imine (C=N–C) groups is 1. The van der Waals surface area contributed by atoms with Gasteiger partial charge in [0.15, 0.2) is 5.96 Å². The minimum absolute atomic E-state index is 0.144. The summed E-state index contributed by atoms with van der Waals surface area (Å²) in [6, 6.07) is 6.72. The molecule has 0 atom stereocenters. The number of alkyl halides is 2. The van der Waals surface area contributed by atoms with Crippen LogP contribution in [-0.4, -0.2) is 62.9 Å². The van der Waals surface area contributed by atoms with E-state index in [1.54, 1.807) is 19.2 Å². The molecule has 0 amide bonds. The van der Waals surface area contributed by atoms with Crippen molar-refractivity contribution in [2.24, 2.45) is 4.99 Å². The Morgan fingerprint density at radius 1 is 1.21 bits per heavy atom. The van der Waals surface area contributed by atoms with Crippen LogP contribution in [0.4, 0.5) is 8.78 Å². The fourth-order valence-electron chi connectivity index (χ4n) is 4.34. The second-order valence-electron chi connectivity index (χ2n) is 7.69. The zero-order valence-electron chi connectivity index (χ0n) is 17.1. The second-order valence-corrected chi connectivity index (χ2v) is 7.69. The third kappa shape index (κ3) is 6.27. The van der Waals surface area contributed by atoms with Gasteiger partial charge in [-0.05, 0) is 30.5 Å². The van der Waals surface area contributed by atoms with Gasteiger partial charge >= 0.3 is 6.61 Å². The predicted molar refractivity (Wildman–Crippen MR) is 109 cm³/mol. The van der Waals surface area contributed by atoms with E-state index < -0.39 is 6.61 Å². The summed E-state index contributed by atoms with van der Waals surface area (Å²) in [6.07, 6.45) is 6.17. The van der Waals surface area contributed by atoms with Crippen LogP contribution in [0.2, 0.25) is 0 Å². The van der Waals surface area contributed by atoms with E-state index in [1.807, 2.05) is 6.07 Å². The summed E-state index contributed by atoms with van der Waals surface area (Å²) < 4.78 is 34.8. The quantitative estimate of drug-likeness (QED) is 0.535. The number of rotatable bonds is 7. The molecule has 3 rings (SSSR count). The van der Waals surface area contributed by atoms with Crippen molar-refractivity contribution in [1.29, 1.82) is 0 Å². The van der Waals surface area contributed by atoms with Crippen LogP contribution in [0.15, 0.2) is 29.3 Å². The lowest BCUT2D eigenvalue weighted by Crippen LogP contribution is -2.60. The number of nitrogens with one attached hydrogen (secondary N) is 2. The SMILES string of the molecule is CN=C(NCc1cccc(OC(F)F)c1)NCC1(N2CCOCC2)CCCCC1. The summed E-state index contributed by atoms with van der Waals surface area (Å²) in [7, 11) is 1.74. The first-order valence-electron chi connectivity index (χ1n) is 10.4. The maximum Gasteiger partial charge on any atom is 0.387 e. The Hall–Kier alpha value is -1.93. The molecule has 29 heavy (non-hydrogen) atoms. The first-order valence-corrected chi connectivity index (χ1v) is 10.4. The second kappa shape index (κ2) is 10.7. The third-order valence-corrected chi connectivity index (χ3v) is 5.86. The zero-order valence-corrected chi connectivity index (χ0v) is 17.1. The molecule has 0 radical (unpaired) electrons. The molecule has 1 aliphatic carbocycles. The summed E-state index contributed by atoms with van der Waals surface area (Å²) in [6.45, 7) is 2.04. The molecule has 1 heterocycles. The van der Waals surface area contributed by atoms with E-state index >= 15 is 0 Å². The molecule has 0 spiro atoms. The van der Waals surface area contributed by atoms with E-state index in [-0.39, 0.29) is 11.3 Å². The number of benzene rings is 1. The average molecular weight is 411 g/mol. The van der Waals surface area contributed by atoms with Crippen molar-refractivity contribution in [2.75, 3.05) is 39.9 Å². The summed E-state index contributed by atoms with van der Waals surface area (Å²) in [5.41, 5.74) is 0.997. The molecule has 2 N–H and O–H groups in total. The van der Waals surface area contributed by atoms with Crippen LogP contribution < -0.4 is 15.4 Å². The maximum atomic E-state index is 12.4. The van der Waals surface area contributed by atoms with Gasteiger partial charge in [-0.1, -0.05) is 31.4 Å². The minimum atomic E-state index is -2.82. The first kappa shape index (κ1) is 21.8. The van der Waals surface area contributed by atoms with Crippen LogP contribution in [0.1, 0.15) is 37.7 Å². The Balaban J connectivity index is 1.56. The number of morpholine rings is 1. The molecule has 1 aromatic rings. The highest BCUT2D eigenvalue weighted by Gasteiger charge is 2.38. The molecule has 8 heteroatoms. The van der Waals surface area contributed by atoms with Crippen LogP contribution in [0, 0.1) is 0 Å². The number of halogens is 2. The maximum absolute atomic E-state index is 12.4. The number of guanidine groups is 1. The van der Waals surface area contributed by atoms with Gasteiger partial charge in [0.2, 0.25) is 0 Å².